The summed E-state index contributed by atoms with van der Waals surface area (Å²) in [4.78, 5) is 17.7. The Balaban J connectivity index is 1.06. The zero-order valence-electron chi connectivity index (χ0n) is 22.6. The first kappa shape index (κ1) is 26.5. The van der Waals surface area contributed by atoms with E-state index in [2.05, 4.69) is 35.0 Å². The summed E-state index contributed by atoms with van der Waals surface area (Å²) >= 11 is 0. The second-order valence-corrected chi connectivity index (χ2v) is 10.8. The number of ether oxygens (including phenoxy) is 2. The summed E-state index contributed by atoms with van der Waals surface area (Å²) in [6.07, 6.45) is 7.37. The van der Waals surface area contributed by atoms with Crippen LogP contribution in [0.15, 0.2) is 78.9 Å². The summed E-state index contributed by atoms with van der Waals surface area (Å²) in [7, 11) is 2.20. The van der Waals surface area contributed by atoms with Gasteiger partial charge in [-0.05, 0) is 94.1 Å². The van der Waals surface area contributed by atoms with Gasteiger partial charge in [-0.1, -0.05) is 42.5 Å². The minimum absolute atomic E-state index is 0.183. The Hall–Kier alpha value is -3.15. The van der Waals surface area contributed by atoms with Crippen LogP contribution in [0.2, 0.25) is 0 Å². The van der Waals surface area contributed by atoms with E-state index in [0.29, 0.717) is 12.5 Å². The Morgan fingerprint density at radius 1 is 0.842 bits per heavy atom. The third-order valence-electron chi connectivity index (χ3n) is 7.89. The van der Waals surface area contributed by atoms with Crippen molar-refractivity contribution in [3.63, 3.8) is 0 Å². The van der Waals surface area contributed by atoms with Gasteiger partial charge in [0.05, 0.1) is 0 Å². The van der Waals surface area contributed by atoms with E-state index in [9.17, 15) is 4.79 Å². The Morgan fingerprint density at radius 3 is 2.39 bits per heavy atom. The predicted octanol–water partition coefficient (Wildman–Crippen LogP) is 6.97. The Labute approximate surface area is 227 Å². The maximum atomic E-state index is 12.8. The fraction of sp³-hybridized carbons (Fsp3) is 0.424. The van der Waals surface area contributed by atoms with E-state index in [0.717, 1.165) is 68.1 Å². The van der Waals surface area contributed by atoms with Gasteiger partial charge in [-0.25, -0.2) is 0 Å². The molecule has 0 bridgehead atoms. The minimum Gasteiger partial charge on any atom is -0.490 e. The van der Waals surface area contributed by atoms with Crippen LogP contribution in [-0.4, -0.2) is 54.4 Å². The fourth-order valence-electron chi connectivity index (χ4n) is 5.70. The molecule has 200 valence electrons. The lowest BCUT2D eigenvalue weighted by Gasteiger charge is -2.32. The molecule has 2 heterocycles. The molecule has 0 aliphatic carbocycles. The maximum Gasteiger partial charge on any atom is 0.163 e. The van der Waals surface area contributed by atoms with Crippen LogP contribution in [-0.2, 0) is 6.54 Å². The van der Waals surface area contributed by atoms with Crippen LogP contribution in [0.3, 0.4) is 0 Å². The fourth-order valence-corrected chi connectivity index (χ4v) is 5.70. The monoisotopic (exact) mass is 512 g/mol. The van der Waals surface area contributed by atoms with E-state index in [1.165, 1.54) is 24.9 Å². The average molecular weight is 513 g/mol. The number of carbonyl (C=O) groups is 1. The number of rotatable bonds is 11. The number of carbonyl (C=O) groups excluding carboxylic acids is 1. The molecule has 2 fully saturated rings. The second kappa shape index (κ2) is 13.1. The second-order valence-electron chi connectivity index (χ2n) is 10.8. The van der Waals surface area contributed by atoms with Crippen molar-refractivity contribution in [1.82, 2.24) is 9.80 Å². The van der Waals surface area contributed by atoms with E-state index >= 15 is 0 Å². The van der Waals surface area contributed by atoms with Crippen molar-refractivity contribution in [3.05, 3.63) is 90.0 Å². The first-order chi connectivity index (χ1) is 18.6. The maximum absolute atomic E-state index is 12.8. The molecule has 0 amide bonds. The third-order valence-corrected chi connectivity index (χ3v) is 7.89. The molecule has 0 radical (unpaired) electrons. The van der Waals surface area contributed by atoms with Crippen molar-refractivity contribution in [3.8, 4) is 17.2 Å². The zero-order chi connectivity index (χ0) is 26.2. The smallest absolute Gasteiger partial charge is 0.163 e. The lowest BCUT2D eigenvalue weighted by Crippen LogP contribution is -2.37. The van der Waals surface area contributed by atoms with Gasteiger partial charge in [0.15, 0.2) is 5.78 Å². The van der Waals surface area contributed by atoms with Gasteiger partial charge < -0.3 is 14.4 Å². The third kappa shape index (κ3) is 7.46. The highest BCUT2D eigenvalue weighted by molar-refractivity contribution is 5.96. The number of ketones is 1. The summed E-state index contributed by atoms with van der Waals surface area (Å²) in [6, 6.07) is 26.7. The van der Waals surface area contributed by atoms with E-state index in [1.807, 2.05) is 60.7 Å². The van der Waals surface area contributed by atoms with Crippen molar-refractivity contribution in [1.29, 1.82) is 0 Å². The quantitative estimate of drug-likeness (QED) is 0.260. The minimum atomic E-state index is 0.183. The largest absolute Gasteiger partial charge is 0.490 e. The van der Waals surface area contributed by atoms with Crippen LogP contribution in [0.25, 0.3) is 0 Å². The van der Waals surface area contributed by atoms with Crippen LogP contribution in [0.4, 0.5) is 0 Å². The Morgan fingerprint density at radius 2 is 1.61 bits per heavy atom. The van der Waals surface area contributed by atoms with Gasteiger partial charge in [0.2, 0.25) is 0 Å². The summed E-state index contributed by atoms with van der Waals surface area (Å²) in [6.45, 7) is 4.07. The molecule has 5 heteroatoms. The van der Waals surface area contributed by atoms with Gasteiger partial charge in [-0.3, -0.25) is 9.69 Å². The molecule has 0 spiro atoms. The molecule has 2 aliphatic heterocycles. The van der Waals surface area contributed by atoms with Crippen molar-refractivity contribution in [2.24, 2.45) is 0 Å². The average Bonchev–Trinajstić information content (AvgIpc) is 3.35. The number of hydrogen-bond acceptors (Lipinski definition) is 5. The lowest BCUT2D eigenvalue weighted by atomic mass is 10.0. The first-order valence-corrected chi connectivity index (χ1v) is 14.2. The lowest BCUT2D eigenvalue weighted by molar-refractivity contribution is 0.0949. The number of para-hydroxylation sites is 1. The molecule has 0 aromatic heterocycles. The van der Waals surface area contributed by atoms with E-state index in [1.54, 1.807) is 0 Å². The Bertz CT molecular complexity index is 1170. The number of hydrogen-bond donors (Lipinski definition) is 0. The highest BCUT2D eigenvalue weighted by Crippen LogP contribution is 2.25. The molecular formula is C33H40N2O3. The summed E-state index contributed by atoms with van der Waals surface area (Å²) in [5.41, 5.74) is 2.03. The number of nitrogens with zero attached hydrogens (tertiary/aromatic N) is 2. The van der Waals surface area contributed by atoms with Crippen molar-refractivity contribution in [2.45, 2.75) is 63.6 Å². The highest BCUT2D eigenvalue weighted by Gasteiger charge is 2.22. The van der Waals surface area contributed by atoms with Crippen molar-refractivity contribution < 1.29 is 14.3 Å². The van der Waals surface area contributed by atoms with Gasteiger partial charge in [0.25, 0.3) is 0 Å². The number of benzene rings is 3. The molecule has 5 rings (SSSR count). The van der Waals surface area contributed by atoms with Crippen LogP contribution >= 0.6 is 0 Å². The van der Waals surface area contributed by atoms with Gasteiger partial charge in [0.1, 0.15) is 23.4 Å². The molecule has 5 nitrogen and oxygen atoms in total. The van der Waals surface area contributed by atoms with Gasteiger partial charge in [-0.15, -0.1) is 0 Å². The number of likely N-dealkylation sites (tertiary alicyclic amines) is 2. The Kier molecular flexibility index (Phi) is 9.11. The SMILES string of the molecule is CN1CCCC1CCCC(=O)c1cccc(OC2CCN(Cc3cccc(Oc4ccccc4)c3)CC2)c1. The summed E-state index contributed by atoms with van der Waals surface area (Å²) in [5, 5.41) is 0. The molecule has 2 saturated heterocycles. The molecule has 0 N–H and O–H groups in total. The molecule has 2 aliphatic rings. The molecule has 3 aromatic rings. The first-order valence-electron chi connectivity index (χ1n) is 14.2. The summed E-state index contributed by atoms with van der Waals surface area (Å²) in [5.74, 6) is 2.76. The van der Waals surface area contributed by atoms with Crippen LogP contribution in [0, 0.1) is 0 Å². The summed E-state index contributed by atoms with van der Waals surface area (Å²) < 4.78 is 12.3. The molecule has 1 unspecified atom stereocenters. The molecule has 0 saturated carbocycles. The van der Waals surface area contributed by atoms with E-state index in [4.69, 9.17) is 9.47 Å². The number of Topliss-reactive ketones (excluding diaryl/α,β-unsaturated/α-hetero) is 1. The number of piperidine rings is 1. The molecular weight excluding hydrogens is 472 g/mol. The highest BCUT2D eigenvalue weighted by atomic mass is 16.5. The van der Waals surface area contributed by atoms with E-state index < -0.39 is 0 Å². The predicted molar refractivity (Wildman–Crippen MR) is 152 cm³/mol. The van der Waals surface area contributed by atoms with Gasteiger partial charge >= 0.3 is 0 Å². The zero-order valence-corrected chi connectivity index (χ0v) is 22.6. The molecule has 1 atom stereocenters. The van der Waals surface area contributed by atoms with Gasteiger partial charge in [0, 0.05) is 37.7 Å². The van der Waals surface area contributed by atoms with Crippen LogP contribution in [0.5, 0.6) is 17.2 Å². The van der Waals surface area contributed by atoms with Crippen LogP contribution in [0.1, 0.15) is 60.9 Å². The van der Waals surface area contributed by atoms with Crippen molar-refractivity contribution in [2.75, 3.05) is 26.7 Å². The topological polar surface area (TPSA) is 42.0 Å². The van der Waals surface area contributed by atoms with Gasteiger partial charge in [-0.2, -0.15) is 0 Å². The molecule has 38 heavy (non-hydrogen) atoms. The van der Waals surface area contributed by atoms with E-state index in [-0.39, 0.29) is 11.9 Å². The van der Waals surface area contributed by atoms with Crippen LogP contribution < -0.4 is 9.47 Å². The van der Waals surface area contributed by atoms with Crippen molar-refractivity contribution >= 4 is 5.78 Å². The molecule has 3 aromatic carbocycles. The normalized spacial score (nSPS) is 18.9. The standard InChI is InChI=1S/C33H40N2O3/c1-34-20-8-12-28(34)11-7-17-33(36)27-10-6-16-32(24-27)38-30-18-21-35(22-19-30)25-26-9-5-15-31(23-26)37-29-13-3-2-4-14-29/h2-6,9-10,13-16,23-24,28,30H,7-8,11-12,17-22,25H2,1H3.